The molecule has 0 atom stereocenters. The van der Waals surface area contributed by atoms with Crippen LogP contribution in [0.3, 0.4) is 0 Å². The van der Waals surface area contributed by atoms with Gasteiger partial charge in [0.05, 0.1) is 0 Å². The van der Waals surface area contributed by atoms with Gasteiger partial charge in [0.15, 0.2) is 0 Å². The minimum Gasteiger partial charge on any atom is -0.359 e. The van der Waals surface area contributed by atoms with Crippen LogP contribution in [0.15, 0.2) is 6.07 Å². The SMILES string of the molecule is CN(C)CCCN(C)c1cc(NN)nc(C(C)(C)C)n1. The van der Waals surface area contributed by atoms with Gasteiger partial charge in [0.1, 0.15) is 17.5 Å². The monoisotopic (exact) mass is 280 g/mol. The largest absolute Gasteiger partial charge is 0.359 e. The first-order chi connectivity index (χ1) is 9.24. The average Bonchev–Trinajstić information content (AvgIpc) is 2.36. The molecule has 20 heavy (non-hydrogen) atoms. The molecule has 6 heteroatoms. The van der Waals surface area contributed by atoms with E-state index < -0.39 is 0 Å². The number of hydrogen-bond donors (Lipinski definition) is 2. The number of nitrogens with two attached hydrogens (primary N) is 1. The van der Waals surface area contributed by atoms with Gasteiger partial charge < -0.3 is 15.2 Å². The Hall–Kier alpha value is -1.40. The predicted molar refractivity (Wildman–Crippen MR) is 85.0 cm³/mol. The maximum atomic E-state index is 5.51. The summed E-state index contributed by atoms with van der Waals surface area (Å²) in [5.74, 6) is 7.85. The number of hydrogen-bond acceptors (Lipinski definition) is 6. The quantitative estimate of drug-likeness (QED) is 0.607. The Morgan fingerprint density at radius 1 is 1.15 bits per heavy atom. The Kier molecular flexibility index (Phi) is 5.71. The topological polar surface area (TPSA) is 70.3 Å². The van der Waals surface area contributed by atoms with E-state index in [4.69, 9.17) is 5.84 Å². The fourth-order valence-corrected chi connectivity index (χ4v) is 1.78. The summed E-state index contributed by atoms with van der Waals surface area (Å²) in [5, 5.41) is 0. The molecule has 0 aliphatic heterocycles. The molecule has 0 saturated heterocycles. The Morgan fingerprint density at radius 3 is 2.30 bits per heavy atom. The van der Waals surface area contributed by atoms with Crippen molar-refractivity contribution >= 4 is 11.6 Å². The van der Waals surface area contributed by atoms with Crippen LogP contribution in [0.25, 0.3) is 0 Å². The van der Waals surface area contributed by atoms with Crippen LogP contribution in [0, 0.1) is 0 Å². The number of aromatic nitrogens is 2. The highest BCUT2D eigenvalue weighted by molar-refractivity contribution is 5.48. The number of nitrogen functional groups attached to an aromatic ring is 1. The summed E-state index contributed by atoms with van der Waals surface area (Å²) >= 11 is 0. The van der Waals surface area contributed by atoms with Crippen LogP contribution >= 0.6 is 0 Å². The van der Waals surface area contributed by atoms with Crippen molar-refractivity contribution in [3.05, 3.63) is 11.9 Å². The molecule has 1 aromatic heterocycles. The predicted octanol–water partition coefficient (Wildman–Crippen LogP) is 1.45. The van der Waals surface area contributed by atoms with Gasteiger partial charge in [-0.2, -0.15) is 0 Å². The van der Waals surface area contributed by atoms with Crippen LogP contribution in [0.5, 0.6) is 0 Å². The number of nitrogens with zero attached hydrogens (tertiary/aromatic N) is 4. The standard InChI is InChI=1S/C14H28N6/c1-14(2,3)13-16-11(18-15)10-12(17-13)20(6)9-7-8-19(4)5/h10H,7-9,15H2,1-6H3,(H,16,17,18). The minimum absolute atomic E-state index is 0.105. The number of hydrazine groups is 1. The van der Waals surface area contributed by atoms with Crippen molar-refractivity contribution < 1.29 is 0 Å². The summed E-state index contributed by atoms with van der Waals surface area (Å²) in [6, 6.07) is 1.88. The lowest BCUT2D eigenvalue weighted by Gasteiger charge is -2.23. The molecule has 0 amide bonds. The maximum absolute atomic E-state index is 5.51. The molecule has 0 unspecified atom stereocenters. The fourth-order valence-electron chi connectivity index (χ4n) is 1.78. The van der Waals surface area contributed by atoms with E-state index in [0.29, 0.717) is 5.82 Å². The fraction of sp³-hybridized carbons (Fsp3) is 0.714. The molecular formula is C14H28N6. The van der Waals surface area contributed by atoms with Gasteiger partial charge >= 0.3 is 0 Å². The van der Waals surface area contributed by atoms with Crippen LogP contribution in [-0.2, 0) is 5.41 Å². The third-order valence-corrected chi connectivity index (χ3v) is 3.02. The summed E-state index contributed by atoms with van der Waals surface area (Å²) in [4.78, 5) is 13.4. The average molecular weight is 280 g/mol. The van der Waals surface area contributed by atoms with Crippen molar-refractivity contribution in [3.63, 3.8) is 0 Å². The number of anilines is 2. The molecule has 0 spiro atoms. The third kappa shape index (κ3) is 4.94. The van der Waals surface area contributed by atoms with Gasteiger partial charge in [0.25, 0.3) is 0 Å². The second-order valence-electron chi connectivity index (χ2n) is 6.41. The first-order valence-corrected chi connectivity index (χ1v) is 6.96. The molecule has 0 aromatic carbocycles. The van der Waals surface area contributed by atoms with E-state index in [1.165, 1.54) is 0 Å². The van der Waals surface area contributed by atoms with Gasteiger partial charge in [0.2, 0.25) is 0 Å². The Morgan fingerprint density at radius 2 is 1.80 bits per heavy atom. The van der Waals surface area contributed by atoms with E-state index in [1.807, 2.05) is 13.1 Å². The van der Waals surface area contributed by atoms with Crippen LogP contribution in [0.4, 0.5) is 11.6 Å². The molecule has 0 fully saturated rings. The molecule has 114 valence electrons. The Balaban J connectivity index is 2.88. The number of rotatable bonds is 6. The first-order valence-electron chi connectivity index (χ1n) is 6.96. The van der Waals surface area contributed by atoms with E-state index in [2.05, 4.69) is 60.1 Å². The lowest BCUT2D eigenvalue weighted by atomic mass is 9.96. The van der Waals surface area contributed by atoms with Crippen molar-refractivity contribution in [1.82, 2.24) is 14.9 Å². The molecule has 0 aliphatic carbocycles. The molecule has 0 aliphatic rings. The lowest BCUT2D eigenvalue weighted by molar-refractivity contribution is 0.401. The summed E-state index contributed by atoms with van der Waals surface area (Å²) in [5.41, 5.74) is 2.52. The van der Waals surface area contributed by atoms with E-state index in [0.717, 1.165) is 31.2 Å². The number of nitrogens with one attached hydrogen (secondary N) is 1. The van der Waals surface area contributed by atoms with Gasteiger partial charge in [-0.05, 0) is 27.1 Å². The van der Waals surface area contributed by atoms with Crippen LogP contribution in [0.1, 0.15) is 33.0 Å². The lowest BCUT2D eigenvalue weighted by Crippen LogP contribution is -2.26. The van der Waals surface area contributed by atoms with Crippen molar-refractivity contribution in [2.75, 3.05) is 44.6 Å². The second kappa shape index (κ2) is 6.85. The first kappa shape index (κ1) is 16.7. The normalized spacial score (nSPS) is 11.8. The zero-order valence-electron chi connectivity index (χ0n) is 13.6. The van der Waals surface area contributed by atoms with Crippen molar-refractivity contribution in [2.24, 2.45) is 5.84 Å². The zero-order valence-corrected chi connectivity index (χ0v) is 13.6. The van der Waals surface area contributed by atoms with Crippen molar-refractivity contribution in [2.45, 2.75) is 32.6 Å². The summed E-state index contributed by atoms with van der Waals surface area (Å²) < 4.78 is 0. The molecule has 1 rings (SSSR count). The maximum Gasteiger partial charge on any atom is 0.145 e. The van der Waals surface area contributed by atoms with Gasteiger partial charge in [-0.1, -0.05) is 20.8 Å². The minimum atomic E-state index is -0.105. The third-order valence-electron chi connectivity index (χ3n) is 3.02. The Labute approximate surface area is 122 Å². The zero-order chi connectivity index (χ0) is 15.3. The van der Waals surface area contributed by atoms with E-state index >= 15 is 0 Å². The highest BCUT2D eigenvalue weighted by Gasteiger charge is 2.20. The smallest absolute Gasteiger partial charge is 0.145 e. The second-order valence-corrected chi connectivity index (χ2v) is 6.41. The van der Waals surface area contributed by atoms with Gasteiger partial charge in [0, 0.05) is 25.1 Å². The van der Waals surface area contributed by atoms with Gasteiger partial charge in [-0.15, -0.1) is 0 Å². The van der Waals surface area contributed by atoms with Gasteiger partial charge in [-0.25, -0.2) is 15.8 Å². The summed E-state index contributed by atoms with van der Waals surface area (Å²) in [6.07, 6.45) is 1.09. The molecule has 0 saturated carbocycles. The van der Waals surface area contributed by atoms with Gasteiger partial charge in [-0.3, -0.25) is 0 Å². The summed E-state index contributed by atoms with van der Waals surface area (Å²) in [6.45, 7) is 8.29. The van der Waals surface area contributed by atoms with Crippen LogP contribution in [0.2, 0.25) is 0 Å². The molecule has 3 N–H and O–H groups in total. The van der Waals surface area contributed by atoms with Crippen LogP contribution < -0.4 is 16.2 Å². The van der Waals surface area contributed by atoms with E-state index in [-0.39, 0.29) is 5.41 Å². The molecular weight excluding hydrogens is 252 g/mol. The van der Waals surface area contributed by atoms with E-state index in [1.54, 1.807) is 0 Å². The molecule has 0 bridgehead atoms. The van der Waals surface area contributed by atoms with Crippen LogP contribution in [-0.4, -0.2) is 49.1 Å². The van der Waals surface area contributed by atoms with Crippen molar-refractivity contribution in [3.8, 4) is 0 Å². The Bertz CT molecular complexity index is 424. The van der Waals surface area contributed by atoms with E-state index in [9.17, 15) is 0 Å². The summed E-state index contributed by atoms with van der Waals surface area (Å²) in [7, 11) is 6.21. The molecule has 0 radical (unpaired) electrons. The molecule has 6 nitrogen and oxygen atoms in total. The molecule has 1 heterocycles. The highest BCUT2D eigenvalue weighted by Crippen LogP contribution is 2.23. The highest BCUT2D eigenvalue weighted by atomic mass is 15.3. The van der Waals surface area contributed by atoms with Crippen molar-refractivity contribution in [1.29, 1.82) is 0 Å². The molecule has 1 aromatic rings.